The predicted octanol–water partition coefficient (Wildman–Crippen LogP) is -16.1. The Balaban J connectivity index is -0.00000210. The van der Waals surface area contributed by atoms with Crippen molar-refractivity contribution in [2.45, 2.75) is 24.9 Å². The van der Waals surface area contributed by atoms with Gasteiger partial charge >= 0.3 is 118 Å². The second-order valence-corrected chi connectivity index (χ2v) is 9.39. The van der Waals surface area contributed by atoms with Crippen LogP contribution in [0.3, 0.4) is 0 Å². The molecule has 5 atom stereocenters. The van der Waals surface area contributed by atoms with E-state index < -0.39 is 54.4 Å². The van der Waals surface area contributed by atoms with Gasteiger partial charge in [-0.15, -0.1) is 5.10 Å². The molecule has 0 radical (unpaired) electrons. The Morgan fingerprint density at radius 2 is 1.72 bits per heavy atom. The summed E-state index contributed by atoms with van der Waals surface area (Å²) in [6.45, 7) is -0.956. The number of aromatic nitrogens is 3. The molecule has 1 amide bonds. The van der Waals surface area contributed by atoms with Crippen molar-refractivity contribution in [2.24, 2.45) is 5.73 Å². The summed E-state index contributed by atoms with van der Waals surface area (Å²) in [7, 11) is -17.9. The molecule has 0 bridgehead atoms. The molecule has 1 saturated heterocycles. The average Bonchev–Trinajstić information content (AvgIpc) is 3.07. The van der Waals surface area contributed by atoms with Crippen LogP contribution >= 0.6 is 23.5 Å². The summed E-state index contributed by atoms with van der Waals surface area (Å²) in [6, 6.07) is 0. The molecule has 1 aromatic rings. The van der Waals surface area contributed by atoms with Crippen molar-refractivity contribution < 1.29 is 179 Å². The Labute approximate surface area is 269 Å². The summed E-state index contributed by atoms with van der Waals surface area (Å²) in [4.78, 5) is 57.5. The van der Waals surface area contributed by atoms with Gasteiger partial charge in [0.25, 0.3) is 21.6 Å². The van der Waals surface area contributed by atoms with Crippen LogP contribution in [0.15, 0.2) is 6.33 Å². The van der Waals surface area contributed by atoms with Gasteiger partial charge in [-0.05, 0) is 0 Å². The molecular weight excluding hydrogens is 545 g/mol. The number of carbonyl (C=O) groups excluding carboxylic acids is 1. The Hall–Kier alpha value is 2.94. The summed E-state index contributed by atoms with van der Waals surface area (Å²) >= 11 is 0. The molecular formula is C8H11N4Na4O13P3. The van der Waals surface area contributed by atoms with Gasteiger partial charge in [-0.1, -0.05) is 0 Å². The number of aliphatic hydroxyl groups excluding tert-OH is 1. The van der Waals surface area contributed by atoms with Crippen LogP contribution in [0.25, 0.3) is 0 Å². The molecule has 1 aliphatic heterocycles. The zero-order valence-electron chi connectivity index (χ0n) is 17.3. The smallest absolute Gasteiger partial charge is 0.790 e. The third kappa shape index (κ3) is 13.5. The summed E-state index contributed by atoms with van der Waals surface area (Å²) in [5.74, 6) is -1.26. The fourth-order valence-electron chi connectivity index (χ4n) is 2.00. The van der Waals surface area contributed by atoms with Crippen LogP contribution < -0.4 is 144 Å². The molecule has 0 saturated carbocycles. The number of hydrogen-bond donors (Lipinski definition) is 2. The zero-order valence-corrected chi connectivity index (χ0v) is 28.0. The van der Waals surface area contributed by atoms with Gasteiger partial charge in [-0.3, -0.25) is 18.2 Å². The molecule has 1 fully saturated rings. The maximum Gasteiger partial charge on any atom is 1.00 e. The number of ether oxygens (including phenoxy) is 1. The Bertz CT molecular complexity index is 885. The van der Waals surface area contributed by atoms with Crippen LogP contribution in [-0.4, -0.2) is 44.6 Å². The maximum atomic E-state index is 11.4. The molecule has 0 aliphatic carbocycles. The largest absolute Gasteiger partial charge is 1.00 e. The normalized spacial score (nSPS) is 23.8. The minimum absolute atomic E-state index is 0. The molecule has 1 aromatic heterocycles. The first-order valence-corrected chi connectivity index (χ1v) is 11.3. The van der Waals surface area contributed by atoms with Crippen LogP contribution in [0.2, 0.25) is 0 Å². The minimum atomic E-state index is -6.10. The van der Waals surface area contributed by atoms with E-state index in [4.69, 9.17) is 10.5 Å². The standard InChI is InChI=1S/C8H15N4O13P3.4Na/c9-7(14)8-10-3-12(11-8)6-1-4(13)5(23-6)2-22-27(18,19)25-28(20,21)24-26(15,16)17;;;;/h3-6,13H,1-2H2,(H2,9,14)(H,18,19)(H,20,21)(H2,15,16,17);;;;/q;4*+1/p-4/t4-,5+,6+;;;;/m0..../s1. The number of nitrogens with two attached hydrogens (primary N) is 1. The maximum absolute atomic E-state index is 11.4. The topological polar surface area (TPSA) is 274 Å². The number of phosphoric acid groups is 3. The monoisotopic (exact) mass is 556 g/mol. The number of phosphoric ester groups is 1. The van der Waals surface area contributed by atoms with E-state index in [0.717, 1.165) is 11.0 Å². The molecule has 2 heterocycles. The van der Waals surface area contributed by atoms with Gasteiger partial charge in [0.05, 0.1) is 20.5 Å². The average molecular weight is 556 g/mol. The van der Waals surface area contributed by atoms with Crippen LogP contribution in [0.1, 0.15) is 23.3 Å². The van der Waals surface area contributed by atoms with E-state index in [-0.39, 0.29) is 130 Å². The quantitative estimate of drug-likeness (QED) is 0.211. The Morgan fingerprint density at radius 1 is 1.16 bits per heavy atom. The van der Waals surface area contributed by atoms with Crippen molar-refractivity contribution in [3.8, 4) is 0 Å². The number of primary amides is 1. The first-order chi connectivity index (χ1) is 12.7. The van der Waals surface area contributed by atoms with Crippen molar-refractivity contribution in [1.82, 2.24) is 14.8 Å². The van der Waals surface area contributed by atoms with Crippen molar-refractivity contribution in [3.63, 3.8) is 0 Å². The van der Waals surface area contributed by atoms with E-state index in [1.54, 1.807) is 0 Å². The van der Waals surface area contributed by atoms with Gasteiger partial charge in [0.1, 0.15) is 12.4 Å². The minimum Gasteiger partial charge on any atom is -0.790 e. The second kappa shape index (κ2) is 16.0. The van der Waals surface area contributed by atoms with Crippen molar-refractivity contribution in [1.29, 1.82) is 0 Å². The SMILES string of the molecule is NC(=O)c1ncn([C@H]2C[C@H](O)[C@@H](COP(=O)([O-])OP(=O)([O-])OP(=O)([O-])[O-])O2)n1.[Na+].[Na+].[Na+].[Na+]. The fourth-order valence-corrected chi connectivity index (χ4v) is 4.87. The van der Waals surface area contributed by atoms with E-state index in [1.807, 2.05) is 0 Å². The van der Waals surface area contributed by atoms with Gasteiger partial charge < -0.3 is 44.2 Å². The molecule has 160 valence electrons. The fraction of sp³-hybridized carbons (Fsp3) is 0.625. The van der Waals surface area contributed by atoms with Crippen LogP contribution in [-0.2, 0) is 31.6 Å². The third-order valence-corrected chi connectivity index (χ3v) is 6.69. The summed E-state index contributed by atoms with van der Waals surface area (Å²) in [5.41, 5.74) is 4.98. The van der Waals surface area contributed by atoms with Crippen LogP contribution in [0.4, 0.5) is 0 Å². The molecule has 2 unspecified atom stereocenters. The first-order valence-electron chi connectivity index (χ1n) is 6.93. The van der Waals surface area contributed by atoms with E-state index in [0.29, 0.717) is 0 Å². The van der Waals surface area contributed by atoms with Crippen LogP contribution in [0.5, 0.6) is 0 Å². The number of amides is 1. The molecule has 0 spiro atoms. The van der Waals surface area contributed by atoms with Gasteiger partial charge in [0.2, 0.25) is 5.82 Å². The molecule has 2 rings (SSSR count). The van der Waals surface area contributed by atoms with Gasteiger partial charge in [0.15, 0.2) is 6.23 Å². The molecule has 3 N–H and O–H groups in total. The zero-order chi connectivity index (χ0) is 21.3. The Morgan fingerprint density at radius 3 is 2.19 bits per heavy atom. The Kier molecular flexibility index (Phi) is 19.8. The first kappa shape index (κ1) is 39.5. The predicted molar refractivity (Wildman–Crippen MR) is 74.0 cm³/mol. The van der Waals surface area contributed by atoms with E-state index in [1.165, 1.54) is 0 Å². The molecule has 0 aromatic carbocycles. The van der Waals surface area contributed by atoms with Crippen molar-refractivity contribution in [2.75, 3.05) is 6.61 Å². The summed E-state index contributed by atoms with van der Waals surface area (Å²) < 4.78 is 49.6. The molecule has 1 aliphatic rings. The number of hydrogen-bond acceptors (Lipinski definition) is 15. The molecule has 32 heavy (non-hydrogen) atoms. The van der Waals surface area contributed by atoms with Crippen molar-refractivity contribution >= 4 is 29.4 Å². The van der Waals surface area contributed by atoms with Crippen LogP contribution in [0, 0.1) is 0 Å². The van der Waals surface area contributed by atoms with E-state index >= 15 is 0 Å². The summed E-state index contributed by atoms with van der Waals surface area (Å²) in [5, 5.41) is 13.6. The number of nitrogens with zero attached hydrogens (tertiary/aromatic N) is 3. The number of carbonyl (C=O) groups is 1. The number of rotatable bonds is 9. The third-order valence-electron chi connectivity index (χ3n) is 3.03. The van der Waals surface area contributed by atoms with Gasteiger partial charge in [-0.25, -0.2) is 14.0 Å². The number of aliphatic hydroxyl groups is 1. The van der Waals surface area contributed by atoms with Gasteiger partial charge in [-0.2, -0.15) is 0 Å². The second-order valence-electron chi connectivity index (χ2n) is 5.15. The van der Waals surface area contributed by atoms with Crippen molar-refractivity contribution in [3.05, 3.63) is 12.2 Å². The molecule has 24 heteroatoms. The van der Waals surface area contributed by atoms with E-state index in [9.17, 15) is 43.2 Å². The van der Waals surface area contributed by atoms with Gasteiger partial charge in [0, 0.05) is 6.42 Å². The van der Waals surface area contributed by atoms with E-state index in [2.05, 4.69) is 23.2 Å². The molecule has 17 nitrogen and oxygen atoms in total. The summed E-state index contributed by atoms with van der Waals surface area (Å²) in [6.07, 6.45) is -2.70.